The van der Waals surface area contributed by atoms with Gasteiger partial charge in [-0.25, -0.2) is 0 Å². The lowest BCUT2D eigenvalue weighted by Crippen LogP contribution is -2.31. The fourth-order valence-corrected chi connectivity index (χ4v) is 1.98. The highest BCUT2D eigenvalue weighted by atomic mass is 16.5. The van der Waals surface area contributed by atoms with Crippen LogP contribution in [0.1, 0.15) is 25.8 Å². The van der Waals surface area contributed by atoms with Gasteiger partial charge in [0.25, 0.3) is 0 Å². The van der Waals surface area contributed by atoms with Crippen molar-refractivity contribution in [3.8, 4) is 5.75 Å². The molecular formula is C17H21NO. The number of anilines is 1. The Hall–Kier alpha value is -1.96. The average Bonchev–Trinajstić information content (AvgIpc) is 2.48. The zero-order chi connectivity index (χ0) is 13.5. The minimum atomic E-state index is 0.626. The standard InChI is InChI=1S/C14H13NO.C3H8/c1-2-7-13(8-3-1)15-10-12-6-4-5-9-14(12)16-11-15;1-3-2/h1-9H,10-11H2;3H2,1-2H3. The molecule has 0 unspecified atom stereocenters. The fourth-order valence-electron chi connectivity index (χ4n) is 1.98. The molecule has 1 aliphatic heterocycles. The maximum atomic E-state index is 5.72. The van der Waals surface area contributed by atoms with Gasteiger partial charge in [-0.1, -0.05) is 56.7 Å². The van der Waals surface area contributed by atoms with Crippen molar-refractivity contribution in [2.45, 2.75) is 26.8 Å². The summed E-state index contributed by atoms with van der Waals surface area (Å²) >= 11 is 0. The molecule has 0 spiro atoms. The van der Waals surface area contributed by atoms with Crippen molar-refractivity contribution in [3.63, 3.8) is 0 Å². The summed E-state index contributed by atoms with van der Waals surface area (Å²) in [6, 6.07) is 18.6. The van der Waals surface area contributed by atoms with E-state index >= 15 is 0 Å². The van der Waals surface area contributed by atoms with Crippen LogP contribution in [0.5, 0.6) is 5.75 Å². The van der Waals surface area contributed by atoms with Crippen LogP contribution in [0.2, 0.25) is 0 Å². The van der Waals surface area contributed by atoms with Gasteiger partial charge < -0.3 is 9.64 Å². The molecule has 0 bridgehead atoms. The molecule has 0 saturated carbocycles. The second kappa shape index (κ2) is 6.83. The molecule has 0 N–H and O–H groups in total. The van der Waals surface area contributed by atoms with Crippen LogP contribution in [0.4, 0.5) is 5.69 Å². The van der Waals surface area contributed by atoms with Gasteiger partial charge in [0.1, 0.15) is 5.75 Å². The summed E-state index contributed by atoms with van der Waals surface area (Å²) < 4.78 is 5.72. The summed E-state index contributed by atoms with van der Waals surface area (Å²) in [4.78, 5) is 2.22. The highest BCUT2D eigenvalue weighted by Crippen LogP contribution is 2.27. The summed E-state index contributed by atoms with van der Waals surface area (Å²) in [6.45, 7) is 5.79. The molecule has 0 atom stereocenters. The zero-order valence-electron chi connectivity index (χ0n) is 11.7. The van der Waals surface area contributed by atoms with Gasteiger partial charge >= 0.3 is 0 Å². The number of para-hydroxylation sites is 2. The van der Waals surface area contributed by atoms with E-state index in [2.05, 4.69) is 55.1 Å². The Morgan fingerprint density at radius 2 is 1.58 bits per heavy atom. The molecule has 0 saturated heterocycles. The van der Waals surface area contributed by atoms with Crippen LogP contribution in [0.3, 0.4) is 0 Å². The SMILES string of the molecule is CCC.c1ccc(N2COc3ccccc3C2)cc1. The van der Waals surface area contributed by atoms with Gasteiger partial charge in [-0.05, 0) is 18.2 Å². The van der Waals surface area contributed by atoms with Crippen molar-refractivity contribution >= 4 is 5.69 Å². The molecule has 2 nitrogen and oxygen atoms in total. The van der Waals surface area contributed by atoms with Crippen molar-refractivity contribution in [2.24, 2.45) is 0 Å². The van der Waals surface area contributed by atoms with Crippen LogP contribution < -0.4 is 9.64 Å². The Labute approximate surface area is 115 Å². The lowest BCUT2D eigenvalue weighted by atomic mass is 10.1. The molecular weight excluding hydrogens is 234 g/mol. The van der Waals surface area contributed by atoms with Crippen molar-refractivity contribution < 1.29 is 4.74 Å². The molecule has 0 fully saturated rings. The first-order valence-electron chi connectivity index (χ1n) is 6.85. The van der Waals surface area contributed by atoms with Gasteiger partial charge in [-0.15, -0.1) is 0 Å². The lowest BCUT2D eigenvalue weighted by molar-refractivity contribution is 0.289. The Kier molecular flexibility index (Phi) is 4.85. The second-order valence-corrected chi connectivity index (χ2v) is 4.62. The third-order valence-electron chi connectivity index (χ3n) is 2.83. The van der Waals surface area contributed by atoms with E-state index in [1.165, 1.54) is 17.7 Å². The summed E-state index contributed by atoms with van der Waals surface area (Å²) in [5, 5.41) is 0. The van der Waals surface area contributed by atoms with E-state index in [-0.39, 0.29) is 0 Å². The number of benzene rings is 2. The van der Waals surface area contributed by atoms with E-state index in [4.69, 9.17) is 4.74 Å². The predicted molar refractivity (Wildman–Crippen MR) is 80.5 cm³/mol. The molecule has 2 aromatic carbocycles. The highest BCUT2D eigenvalue weighted by Gasteiger charge is 2.16. The summed E-state index contributed by atoms with van der Waals surface area (Å²) in [5.41, 5.74) is 2.45. The van der Waals surface area contributed by atoms with Crippen LogP contribution in [-0.2, 0) is 6.54 Å². The molecule has 1 heterocycles. The molecule has 0 amide bonds. The van der Waals surface area contributed by atoms with Crippen LogP contribution in [0.25, 0.3) is 0 Å². The summed E-state index contributed by atoms with van der Waals surface area (Å²) in [7, 11) is 0. The first kappa shape index (κ1) is 13.5. The number of hydrogen-bond acceptors (Lipinski definition) is 2. The number of hydrogen-bond donors (Lipinski definition) is 0. The average molecular weight is 255 g/mol. The predicted octanol–water partition coefficient (Wildman–Crippen LogP) is 4.46. The smallest absolute Gasteiger partial charge is 0.161 e. The Morgan fingerprint density at radius 1 is 0.947 bits per heavy atom. The van der Waals surface area contributed by atoms with E-state index < -0.39 is 0 Å². The number of ether oxygens (including phenoxy) is 1. The van der Waals surface area contributed by atoms with Crippen LogP contribution in [0, 0.1) is 0 Å². The van der Waals surface area contributed by atoms with E-state index in [0.29, 0.717) is 6.73 Å². The molecule has 2 heteroatoms. The zero-order valence-corrected chi connectivity index (χ0v) is 11.7. The maximum Gasteiger partial charge on any atom is 0.161 e. The topological polar surface area (TPSA) is 12.5 Å². The summed E-state index contributed by atoms with van der Waals surface area (Å²) in [6.07, 6.45) is 1.25. The molecule has 100 valence electrons. The van der Waals surface area contributed by atoms with Crippen molar-refractivity contribution in [1.82, 2.24) is 0 Å². The van der Waals surface area contributed by atoms with E-state index in [1.54, 1.807) is 0 Å². The van der Waals surface area contributed by atoms with Gasteiger partial charge in [0, 0.05) is 17.8 Å². The second-order valence-electron chi connectivity index (χ2n) is 4.62. The van der Waals surface area contributed by atoms with E-state index in [1.807, 2.05) is 18.2 Å². The highest BCUT2D eigenvalue weighted by molar-refractivity contribution is 5.49. The monoisotopic (exact) mass is 255 g/mol. The van der Waals surface area contributed by atoms with Gasteiger partial charge in [0.2, 0.25) is 0 Å². The molecule has 3 rings (SSSR count). The molecule has 19 heavy (non-hydrogen) atoms. The van der Waals surface area contributed by atoms with Crippen LogP contribution >= 0.6 is 0 Å². The lowest BCUT2D eigenvalue weighted by Gasteiger charge is -2.30. The van der Waals surface area contributed by atoms with E-state index in [0.717, 1.165) is 12.3 Å². The number of nitrogens with zero attached hydrogens (tertiary/aromatic N) is 1. The van der Waals surface area contributed by atoms with Crippen LogP contribution in [0.15, 0.2) is 54.6 Å². The molecule has 2 aromatic rings. The third kappa shape index (κ3) is 3.50. The van der Waals surface area contributed by atoms with Gasteiger partial charge in [0.15, 0.2) is 6.73 Å². The first-order valence-corrected chi connectivity index (χ1v) is 6.85. The van der Waals surface area contributed by atoms with Crippen LogP contribution in [-0.4, -0.2) is 6.73 Å². The Balaban J connectivity index is 0.000000408. The maximum absolute atomic E-state index is 5.72. The summed E-state index contributed by atoms with van der Waals surface area (Å²) in [5.74, 6) is 1.01. The largest absolute Gasteiger partial charge is 0.473 e. The van der Waals surface area contributed by atoms with Gasteiger partial charge in [-0.3, -0.25) is 0 Å². The Morgan fingerprint density at radius 3 is 2.32 bits per heavy atom. The number of rotatable bonds is 1. The quantitative estimate of drug-likeness (QED) is 0.746. The minimum Gasteiger partial charge on any atom is -0.473 e. The fraction of sp³-hybridized carbons (Fsp3) is 0.294. The van der Waals surface area contributed by atoms with Crippen molar-refractivity contribution in [3.05, 3.63) is 60.2 Å². The molecule has 0 radical (unpaired) electrons. The first-order chi connectivity index (χ1) is 9.35. The Bertz CT molecular complexity index is 496. The molecule has 0 aliphatic carbocycles. The van der Waals surface area contributed by atoms with Crippen molar-refractivity contribution in [2.75, 3.05) is 11.6 Å². The van der Waals surface area contributed by atoms with Gasteiger partial charge in [-0.2, -0.15) is 0 Å². The van der Waals surface area contributed by atoms with Crippen molar-refractivity contribution in [1.29, 1.82) is 0 Å². The number of fused-ring (bicyclic) bond motifs is 1. The normalized spacial score (nSPS) is 12.8. The van der Waals surface area contributed by atoms with Gasteiger partial charge in [0.05, 0.1) is 0 Å². The molecule has 1 aliphatic rings. The molecule has 0 aromatic heterocycles. The minimum absolute atomic E-state index is 0.626. The van der Waals surface area contributed by atoms with E-state index in [9.17, 15) is 0 Å². The third-order valence-corrected chi connectivity index (χ3v) is 2.83.